The summed E-state index contributed by atoms with van der Waals surface area (Å²) in [5.74, 6) is -0.685. The molecule has 0 radical (unpaired) electrons. The Labute approximate surface area is 162 Å². The fourth-order valence-electron chi connectivity index (χ4n) is 2.16. The number of hydrogen-bond acceptors (Lipinski definition) is 5. The van der Waals surface area contributed by atoms with Crippen LogP contribution in [-0.4, -0.2) is 25.0 Å². The van der Waals surface area contributed by atoms with Gasteiger partial charge in [0.05, 0.1) is 21.2 Å². The maximum Gasteiger partial charge on any atom is 0.211 e. The normalized spacial score (nSPS) is 10.7. The smallest absolute Gasteiger partial charge is 0.211 e. The highest BCUT2D eigenvalue weighted by molar-refractivity contribution is 7.17. The molecule has 0 aliphatic carbocycles. The molecule has 5 nitrogen and oxygen atoms in total. The van der Waals surface area contributed by atoms with Crippen LogP contribution in [0.4, 0.5) is 0 Å². The summed E-state index contributed by atoms with van der Waals surface area (Å²) in [7, 11) is 0. The fourth-order valence-corrected chi connectivity index (χ4v) is 3.90. The van der Waals surface area contributed by atoms with Gasteiger partial charge in [0.25, 0.3) is 0 Å². The van der Waals surface area contributed by atoms with Gasteiger partial charge in [0, 0.05) is 11.9 Å². The van der Waals surface area contributed by atoms with Gasteiger partial charge in [0.15, 0.2) is 5.75 Å². The molecule has 128 valence electrons. The van der Waals surface area contributed by atoms with Crippen molar-refractivity contribution in [3.63, 3.8) is 0 Å². The van der Waals surface area contributed by atoms with E-state index in [1.54, 1.807) is 4.68 Å². The van der Waals surface area contributed by atoms with E-state index in [4.69, 9.17) is 34.8 Å². The van der Waals surface area contributed by atoms with E-state index in [0.29, 0.717) is 10.0 Å². The van der Waals surface area contributed by atoms with Crippen molar-refractivity contribution in [1.29, 1.82) is 0 Å². The number of aromatic nitrogens is 3. The van der Waals surface area contributed by atoms with Crippen molar-refractivity contribution >= 4 is 58.5 Å². The molecule has 2 heterocycles. The monoisotopic (exact) mass is 425 g/mol. The molecule has 2 aromatic heterocycles. The summed E-state index contributed by atoms with van der Waals surface area (Å²) >= 11 is 19.1. The van der Waals surface area contributed by atoms with Crippen LogP contribution in [-0.2, 0) is 0 Å². The maximum atomic E-state index is 10.2. The zero-order chi connectivity index (χ0) is 16.9. The van der Waals surface area contributed by atoms with Crippen molar-refractivity contribution in [2.45, 2.75) is 13.8 Å². The van der Waals surface area contributed by atoms with E-state index in [2.05, 4.69) is 10.1 Å². The minimum Gasteiger partial charge on any atom is -0.506 e. The van der Waals surface area contributed by atoms with E-state index in [9.17, 15) is 10.2 Å². The Morgan fingerprint density at radius 1 is 1.04 bits per heavy atom. The molecule has 0 aliphatic rings. The summed E-state index contributed by atoms with van der Waals surface area (Å²) in [6, 6.07) is 1.93. The minimum atomic E-state index is -0.382. The summed E-state index contributed by atoms with van der Waals surface area (Å²) in [5.41, 5.74) is 1.98. The van der Waals surface area contributed by atoms with Gasteiger partial charge in [-0.2, -0.15) is 5.10 Å². The first kappa shape index (κ1) is 19.1. The number of thiazole rings is 1. The van der Waals surface area contributed by atoms with Gasteiger partial charge in [-0.15, -0.1) is 12.4 Å². The highest BCUT2D eigenvalue weighted by Gasteiger charge is 2.23. The summed E-state index contributed by atoms with van der Waals surface area (Å²) in [5, 5.41) is 24.7. The Morgan fingerprint density at radius 2 is 1.67 bits per heavy atom. The molecule has 0 unspecified atom stereocenters. The van der Waals surface area contributed by atoms with Crippen LogP contribution < -0.4 is 0 Å². The molecule has 0 fully saturated rings. The molecule has 2 N–H and O–H groups in total. The number of phenols is 2. The van der Waals surface area contributed by atoms with E-state index in [0.717, 1.165) is 11.4 Å². The molecule has 0 spiro atoms. The Hall–Kier alpha value is -1.18. The van der Waals surface area contributed by atoms with Crippen LogP contribution in [0.1, 0.15) is 11.4 Å². The van der Waals surface area contributed by atoms with Crippen LogP contribution in [0.15, 0.2) is 12.3 Å². The van der Waals surface area contributed by atoms with E-state index >= 15 is 0 Å². The third-order valence-corrected chi connectivity index (χ3v) is 5.39. The van der Waals surface area contributed by atoms with E-state index in [1.165, 1.54) is 17.5 Å². The summed E-state index contributed by atoms with van der Waals surface area (Å²) in [4.78, 5) is 4.82. The second-order valence-corrected chi connectivity index (χ2v) is 7.00. The molecule has 3 aromatic rings. The molecule has 0 atom stereocenters. The lowest BCUT2D eigenvalue weighted by molar-refractivity contribution is 0.462. The molecule has 3 rings (SSSR count). The van der Waals surface area contributed by atoms with Crippen molar-refractivity contribution in [2.75, 3.05) is 0 Å². The average Bonchev–Trinajstić information content (AvgIpc) is 3.10. The highest BCUT2D eigenvalue weighted by atomic mass is 35.5. The van der Waals surface area contributed by atoms with Crippen molar-refractivity contribution in [1.82, 2.24) is 14.8 Å². The predicted molar refractivity (Wildman–Crippen MR) is 99.8 cm³/mol. The first-order valence-electron chi connectivity index (χ1n) is 6.39. The van der Waals surface area contributed by atoms with Crippen LogP contribution in [0.2, 0.25) is 15.1 Å². The Morgan fingerprint density at radius 3 is 2.25 bits per heavy atom. The number of halogens is 4. The van der Waals surface area contributed by atoms with Crippen LogP contribution in [0.25, 0.3) is 15.6 Å². The van der Waals surface area contributed by atoms with Gasteiger partial charge >= 0.3 is 0 Å². The van der Waals surface area contributed by atoms with Crippen LogP contribution in [0.3, 0.4) is 0 Å². The van der Waals surface area contributed by atoms with Crippen LogP contribution >= 0.6 is 58.5 Å². The second-order valence-electron chi connectivity index (χ2n) is 4.86. The molecule has 0 saturated heterocycles. The summed E-state index contributed by atoms with van der Waals surface area (Å²) in [6.07, 6.45) is 1.53. The standard InChI is InChI=1S/C14H10Cl3N3O2S.ClH/c1-5-3-6(2)20(19-5)14-18-4-7(23-14)8-9(15)13(22)11(17)10(16)12(8)21;/h3-4,21-22H,1-2H3;1H. The Bertz CT molecular complexity index is 894. The first-order chi connectivity index (χ1) is 10.8. The number of hydrogen-bond donors (Lipinski definition) is 2. The van der Waals surface area contributed by atoms with Crippen molar-refractivity contribution in [3.8, 4) is 27.1 Å². The van der Waals surface area contributed by atoms with Gasteiger partial charge in [0.1, 0.15) is 15.8 Å². The molecule has 1 aromatic carbocycles. The third-order valence-electron chi connectivity index (χ3n) is 3.20. The number of aryl methyl sites for hydroxylation is 2. The second kappa shape index (κ2) is 6.98. The Balaban J connectivity index is 0.00000208. The Kier molecular flexibility index (Phi) is 5.57. The number of aromatic hydroxyl groups is 2. The van der Waals surface area contributed by atoms with E-state index < -0.39 is 0 Å². The summed E-state index contributed by atoms with van der Waals surface area (Å²) in [6.45, 7) is 3.80. The quantitative estimate of drug-likeness (QED) is 0.424. The molecule has 24 heavy (non-hydrogen) atoms. The van der Waals surface area contributed by atoms with Gasteiger partial charge in [-0.1, -0.05) is 46.1 Å². The molecule has 0 aliphatic heterocycles. The molecular weight excluding hydrogens is 416 g/mol. The fraction of sp³-hybridized carbons (Fsp3) is 0.143. The predicted octanol–water partition coefficient (Wildman–Crippen LogP) is 5.41. The van der Waals surface area contributed by atoms with Gasteiger partial charge in [0.2, 0.25) is 5.13 Å². The highest BCUT2D eigenvalue weighted by Crippen LogP contribution is 2.51. The minimum absolute atomic E-state index is 0. The van der Waals surface area contributed by atoms with Crippen molar-refractivity contribution < 1.29 is 10.2 Å². The number of nitrogens with zero attached hydrogens (tertiary/aromatic N) is 3. The van der Waals surface area contributed by atoms with Crippen molar-refractivity contribution in [2.24, 2.45) is 0 Å². The SMILES string of the molecule is Cc1cc(C)n(-c2ncc(-c3c(O)c(Cl)c(Cl)c(O)c3Cl)s2)n1.Cl. The van der Waals surface area contributed by atoms with Crippen LogP contribution in [0, 0.1) is 13.8 Å². The van der Waals surface area contributed by atoms with Gasteiger partial charge in [-0.25, -0.2) is 9.67 Å². The number of rotatable bonds is 2. The average molecular weight is 427 g/mol. The van der Waals surface area contributed by atoms with Crippen molar-refractivity contribution in [3.05, 3.63) is 38.7 Å². The zero-order valence-corrected chi connectivity index (χ0v) is 16.2. The zero-order valence-electron chi connectivity index (χ0n) is 12.3. The third kappa shape index (κ3) is 3.05. The topological polar surface area (TPSA) is 71.2 Å². The number of benzene rings is 1. The maximum absolute atomic E-state index is 10.2. The molecular formula is C14H11Cl4N3O2S. The molecule has 0 bridgehead atoms. The lowest BCUT2D eigenvalue weighted by atomic mass is 10.1. The molecule has 0 amide bonds. The number of phenolic OH excluding ortho intramolecular Hbond substituents is 2. The lowest BCUT2D eigenvalue weighted by Gasteiger charge is -2.10. The summed E-state index contributed by atoms with van der Waals surface area (Å²) < 4.78 is 1.69. The van der Waals surface area contributed by atoms with Gasteiger partial charge in [-0.3, -0.25) is 0 Å². The molecule has 10 heteroatoms. The largest absolute Gasteiger partial charge is 0.506 e. The van der Waals surface area contributed by atoms with Gasteiger partial charge in [-0.05, 0) is 19.9 Å². The molecule has 0 saturated carbocycles. The van der Waals surface area contributed by atoms with Gasteiger partial charge < -0.3 is 10.2 Å². The lowest BCUT2D eigenvalue weighted by Crippen LogP contribution is -1.97. The van der Waals surface area contributed by atoms with Crippen LogP contribution in [0.5, 0.6) is 11.5 Å². The van der Waals surface area contributed by atoms with E-state index in [1.807, 2.05) is 19.9 Å². The first-order valence-corrected chi connectivity index (χ1v) is 8.34. The van der Waals surface area contributed by atoms with E-state index in [-0.39, 0.29) is 44.5 Å².